The minimum Gasteiger partial charge on any atom is -0.367 e. The quantitative estimate of drug-likeness (QED) is 0.858. The van der Waals surface area contributed by atoms with Crippen LogP contribution in [0.5, 0.6) is 0 Å². The Labute approximate surface area is 149 Å². The first-order valence-corrected chi connectivity index (χ1v) is 8.53. The van der Waals surface area contributed by atoms with Crippen LogP contribution in [-0.4, -0.2) is 37.1 Å². The smallest absolute Gasteiger partial charge is 0.321 e. The zero-order valence-electron chi connectivity index (χ0n) is 13.1. The Kier molecular flexibility index (Phi) is 5.02. The third-order valence-electron chi connectivity index (χ3n) is 4.05. The van der Waals surface area contributed by atoms with Crippen LogP contribution in [0.15, 0.2) is 53.0 Å². The third kappa shape index (κ3) is 3.52. The van der Waals surface area contributed by atoms with E-state index in [0.29, 0.717) is 31.7 Å². The zero-order chi connectivity index (χ0) is 16.9. The molecule has 5 nitrogen and oxygen atoms in total. The van der Waals surface area contributed by atoms with E-state index < -0.39 is 0 Å². The van der Waals surface area contributed by atoms with Gasteiger partial charge in [0, 0.05) is 30.7 Å². The number of nitriles is 1. The second kappa shape index (κ2) is 7.37. The predicted octanol–water partition coefficient (Wildman–Crippen LogP) is 3.67. The van der Waals surface area contributed by atoms with Crippen LogP contribution in [0.4, 0.5) is 16.2 Å². The maximum Gasteiger partial charge on any atom is 0.321 e. The molecule has 0 atom stereocenters. The van der Waals surface area contributed by atoms with E-state index in [-0.39, 0.29) is 6.03 Å². The van der Waals surface area contributed by atoms with Gasteiger partial charge in [0.2, 0.25) is 0 Å². The number of carbonyl (C=O) groups is 1. The number of hydrogen-bond acceptors (Lipinski definition) is 3. The van der Waals surface area contributed by atoms with Crippen molar-refractivity contribution in [1.29, 1.82) is 5.26 Å². The number of amides is 2. The standard InChI is InChI=1S/C18H17BrN4O/c19-15-6-2-3-7-16(15)21-18(24)23-11-9-22(10-12-23)17-8-4-1-5-14(17)13-20/h1-8H,9-12H2,(H,21,24). The van der Waals surface area contributed by atoms with Crippen molar-refractivity contribution in [3.8, 4) is 6.07 Å². The molecule has 1 aliphatic rings. The molecule has 0 aromatic heterocycles. The molecule has 1 saturated heterocycles. The molecular formula is C18H17BrN4O. The Morgan fingerprint density at radius 2 is 1.71 bits per heavy atom. The van der Waals surface area contributed by atoms with Crippen molar-refractivity contribution in [1.82, 2.24) is 4.90 Å². The lowest BCUT2D eigenvalue weighted by Gasteiger charge is -2.36. The molecule has 24 heavy (non-hydrogen) atoms. The van der Waals surface area contributed by atoms with Crippen LogP contribution < -0.4 is 10.2 Å². The van der Waals surface area contributed by atoms with Gasteiger partial charge in [-0.1, -0.05) is 24.3 Å². The van der Waals surface area contributed by atoms with Gasteiger partial charge in [-0.25, -0.2) is 4.79 Å². The molecule has 6 heteroatoms. The number of hydrogen-bond donors (Lipinski definition) is 1. The van der Waals surface area contributed by atoms with Crippen molar-refractivity contribution >= 4 is 33.3 Å². The molecular weight excluding hydrogens is 368 g/mol. The highest BCUT2D eigenvalue weighted by molar-refractivity contribution is 9.10. The van der Waals surface area contributed by atoms with Gasteiger partial charge in [0.1, 0.15) is 6.07 Å². The highest BCUT2D eigenvalue weighted by Gasteiger charge is 2.22. The lowest BCUT2D eigenvalue weighted by Crippen LogP contribution is -2.50. The lowest BCUT2D eigenvalue weighted by atomic mass is 10.1. The van der Waals surface area contributed by atoms with E-state index in [2.05, 4.69) is 32.2 Å². The molecule has 1 aliphatic heterocycles. The number of anilines is 2. The normalized spacial score (nSPS) is 14.2. The van der Waals surface area contributed by atoms with Crippen molar-refractivity contribution in [3.63, 3.8) is 0 Å². The van der Waals surface area contributed by atoms with Gasteiger partial charge in [0.25, 0.3) is 0 Å². The molecule has 1 N–H and O–H groups in total. The number of para-hydroxylation sites is 2. The molecule has 0 radical (unpaired) electrons. The van der Waals surface area contributed by atoms with E-state index in [0.717, 1.165) is 15.8 Å². The van der Waals surface area contributed by atoms with E-state index in [9.17, 15) is 10.1 Å². The van der Waals surface area contributed by atoms with Crippen molar-refractivity contribution in [2.75, 3.05) is 36.4 Å². The van der Waals surface area contributed by atoms with E-state index in [1.807, 2.05) is 48.5 Å². The first kappa shape index (κ1) is 16.3. The van der Waals surface area contributed by atoms with Gasteiger partial charge >= 0.3 is 6.03 Å². The second-order valence-corrected chi connectivity index (χ2v) is 6.37. The first-order valence-electron chi connectivity index (χ1n) is 7.73. The van der Waals surface area contributed by atoms with Gasteiger partial charge in [-0.15, -0.1) is 0 Å². The van der Waals surface area contributed by atoms with E-state index in [4.69, 9.17) is 0 Å². The number of nitrogens with zero attached hydrogens (tertiary/aromatic N) is 3. The van der Waals surface area contributed by atoms with Crippen LogP contribution in [0, 0.1) is 11.3 Å². The Hall–Kier alpha value is -2.52. The molecule has 0 spiro atoms. The first-order chi connectivity index (χ1) is 11.7. The number of urea groups is 1. The van der Waals surface area contributed by atoms with Gasteiger partial charge in [0.05, 0.1) is 16.9 Å². The molecule has 2 aromatic carbocycles. The third-order valence-corrected chi connectivity index (χ3v) is 4.74. The molecule has 0 aliphatic carbocycles. The summed E-state index contributed by atoms with van der Waals surface area (Å²) in [4.78, 5) is 16.4. The van der Waals surface area contributed by atoms with E-state index >= 15 is 0 Å². The summed E-state index contributed by atoms with van der Waals surface area (Å²) in [5, 5.41) is 12.2. The van der Waals surface area contributed by atoms with Crippen LogP contribution in [0.2, 0.25) is 0 Å². The second-order valence-electron chi connectivity index (χ2n) is 5.51. The minimum atomic E-state index is -0.102. The lowest BCUT2D eigenvalue weighted by molar-refractivity contribution is 0.208. The summed E-state index contributed by atoms with van der Waals surface area (Å²) in [6, 6.07) is 17.2. The highest BCUT2D eigenvalue weighted by atomic mass is 79.9. The number of piperazine rings is 1. The van der Waals surface area contributed by atoms with Gasteiger partial charge in [-0.05, 0) is 40.2 Å². The van der Waals surface area contributed by atoms with Gasteiger partial charge in [-0.2, -0.15) is 5.26 Å². The molecule has 1 heterocycles. The molecule has 0 bridgehead atoms. The summed E-state index contributed by atoms with van der Waals surface area (Å²) in [7, 11) is 0. The largest absolute Gasteiger partial charge is 0.367 e. The van der Waals surface area contributed by atoms with Gasteiger partial charge in [0.15, 0.2) is 0 Å². The summed E-state index contributed by atoms with van der Waals surface area (Å²) < 4.78 is 0.861. The Bertz CT molecular complexity index is 779. The summed E-state index contributed by atoms with van der Waals surface area (Å²) >= 11 is 3.43. The zero-order valence-corrected chi connectivity index (χ0v) is 14.7. The molecule has 1 fully saturated rings. The van der Waals surface area contributed by atoms with E-state index in [1.165, 1.54) is 0 Å². The summed E-state index contributed by atoms with van der Waals surface area (Å²) in [5.74, 6) is 0. The fourth-order valence-electron chi connectivity index (χ4n) is 2.75. The minimum absolute atomic E-state index is 0.102. The molecule has 2 amide bonds. The van der Waals surface area contributed by atoms with Crippen LogP contribution in [-0.2, 0) is 0 Å². The highest BCUT2D eigenvalue weighted by Crippen LogP contribution is 2.23. The van der Waals surface area contributed by atoms with Crippen LogP contribution in [0.3, 0.4) is 0 Å². The van der Waals surface area contributed by atoms with Crippen molar-refractivity contribution in [2.45, 2.75) is 0 Å². The maximum absolute atomic E-state index is 12.4. The van der Waals surface area contributed by atoms with E-state index in [1.54, 1.807) is 4.90 Å². The van der Waals surface area contributed by atoms with Crippen molar-refractivity contribution in [2.24, 2.45) is 0 Å². The summed E-state index contributed by atoms with van der Waals surface area (Å²) in [6.45, 7) is 2.66. The SMILES string of the molecule is N#Cc1ccccc1N1CCN(C(=O)Nc2ccccc2Br)CC1. The predicted molar refractivity (Wildman–Crippen MR) is 98.1 cm³/mol. The molecule has 2 aromatic rings. The average molecular weight is 385 g/mol. The fourth-order valence-corrected chi connectivity index (χ4v) is 3.14. The summed E-state index contributed by atoms with van der Waals surface area (Å²) in [6.07, 6.45) is 0. The average Bonchev–Trinajstić information content (AvgIpc) is 2.63. The summed E-state index contributed by atoms with van der Waals surface area (Å²) in [5.41, 5.74) is 2.37. The molecule has 122 valence electrons. The van der Waals surface area contributed by atoms with Gasteiger partial charge in [-0.3, -0.25) is 0 Å². The number of rotatable bonds is 2. The Morgan fingerprint density at radius 3 is 2.42 bits per heavy atom. The van der Waals surface area contributed by atoms with Crippen molar-refractivity contribution < 1.29 is 4.79 Å². The molecule has 3 rings (SSSR count). The Balaban J connectivity index is 1.62. The number of benzene rings is 2. The molecule has 0 unspecified atom stereocenters. The van der Waals surface area contributed by atoms with Crippen LogP contribution in [0.1, 0.15) is 5.56 Å². The van der Waals surface area contributed by atoms with Crippen molar-refractivity contribution in [3.05, 3.63) is 58.6 Å². The topological polar surface area (TPSA) is 59.4 Å². The van der Waals surface area contributed by atoms with Gasteiger partial charge < -0.3 is 15.1 Å². The maximum atomic E-state index is 12.4. The number of halogens is 1. The molecule has 0 saturated carbocycles. The number of carbonyl (C=O) groups excluding carboxylic acids is 1. The fraction of sp³-hybridized carbons (Fsp3) is 0.222. The monoisotopic (exact) mass is 384 g/mol. The Morgan fingerprint density at radius 1 is 1.04 bits per heavy atom. The van der Waals surface area contributed by atoms with Crippen LogP contribution >= 0.6 is 15.9 Å². The number of nitrogens with one attached hydrogen (secondary N) is 1. The van der Waals surface area contributed by atoms with Crippen LogP contribution in [0.25, 0.3) is 0 Å².